The molecule has 0 saturated carbocycles. The van der Waals surface area contributed by atoms with E-state index in [0.717, 1.165) is 6.20 Å². The lowest BCUT2D eigenvalue weighted by molar-refractivity contribution is 0.151. The summed E-state index contributed by atoms with van der Waals surface area (Å²) in [6.45, 7) is 0. The number of aromatic nitrogens is 1. The Morgan fingerprint density at radius 1 is 1.46 bits per heavy atom. The second kappa shape index (κ2) is 4.53. The van der Waals surface area contributed by atoms with Gasteiger partial charge in [-0.15, -0.1) is 0 Å². The van der Waals surface area contributed by atoms with Crippen molar-refractivity contribution in [3.8, 4) is 0 Å². The number of pyridine rings is 1. The molecule has 0 unspecified atom stereocenters. The Morgan fingerprint density at radius 2 is 2.08 bits per heavy atom. The van der Waals surface area contributed by atoms with Gasteiger partial charge in [0.05, 0.1) is 10.6 Å². The van der Waals surface area contributed by atoms with Gasteiger partial charge in [-0.05, 0) is 0 Å². The Kier molecular flexibility index (Phi) is 3.88. The molecule has 0 aliphatic rings. The highest BCUT2D eigenvalue weighted by atomic mass is 79.9. The molecule has 1 aromatic rings. The number of hydrogen-bond donors (Lipinski definition) is 0. The van der Waals surface area contributed by atoms with Crippen LogP contribution >= 0.6 is 39.1 Å². The molecule has 13 heavy (non-hydrogen) atoms. The normalized spacial score (nSPS) is 10.9. The summed E-state index contributed by atoms with van der Waals surface area (Å²) >= 11 is 14.4. The lowest BCUT2D eigenvalue weighted by Gasteiger charge is -2.07. The zero-order chi connectivity index (χ0) is 10.0. The van der Waals surface area contributed by atoms with Gasteiger partial charge in [-0.1, -0.05) is 39.1 Å². The average Bonchev–Trinajstić information content (AvgIpc) is 2.04. The molecule has 0 atom stereocenters. The SMILES string of the molecule is FC(F)c1cnc(Cl)c(CBr)c1Cl. The second-order valence-electron chi connectivity index (χ2n) is 2.23. The highest BCUT2D eigenvalue weighted by Gasteiger charge is 2.17. The summed E-state index contributed by atoms with van der Waals surface area (Å²) in [4.78, 5) is 3.60. The van der Waals surface area contributed by atoms with Crippen molar-refractivity contribution >= 4 is 39.1 Å². The van der Waals surface area contributed by atoms with E-state index in [9.17, 15) is 8.78 Å². The summed E-state index contributed by atoms with van der Waals surface area (Å²) in [5.41, 5.74) is 0.0988. The van der Waals surface area contributed by atoms with Crippen molar-refractivity contribution in [2.24, 2.45) is 0 Å². The highest BCUT2D eigenvalue weighted by molar-refractivity contribution is 9.08. The fourth-order valence-electron chi connectivity index (χ4n) is 0.792. The van der Waals surface area contributed by atoms with Gasteiger partial charge < -0.3 is 0 Å². The van der Waals surface area contributed by atoms with Gasteiger partial charge in [-0.25, -0.2) is 13.8 Å². The predicted molar refractivity (Wildman–Crippen MR) is 51.8 cm³/mol. The summed E-state index contributed by atoms with van der Waals surface area (Å²) in [5.74, 6) is 0. The fraction of sp³-hybridized carbons (Fsp3) is 0.286. The van der Waals surface area contributed by atoms with Crippen molar-refractivity contribution in [2.45, 2.75) is 11.8 Å². The topological polar surface area (TPSA) is 12.9 Å². The maximum Gasteiger partial charge on any atom is 0.266 e. The number of halogens is 5. The number of alkyl halides is 3. The molecule has 1 aromatic heterocycles. The van der Waals surface area contributed by atoms with Crippen LogP contribution in [0.3, 0.4) is 0 Å². The van der Waals surface area contributed by atoms with Gasteiger partial charge in [0.2, 0.25) is 0 Å². The van der Waals surface area contributed by atoms with Crippen LogP contribution < -0.4 is 0 Å². The van der Waals surface area contributed by atoms with Crippen molar-refractivity contribution in [1.82, 2.24) is 4.98 Å². The van der Waals surface area contributed by atoms with Gasteiger partial charge in [0.1, 0.15) is 5.15 Å². The molecule has 0 saturated heterocycles. The summed E-state index contributed by atoms with van der Waals surface area (Å²) in [6, 6.07) is 0. The smallest absolute Gasteiger partial charge is 0.244 e. The molecule has 0 N–H and O–H groups in total. The molecule has 0 bridgehead atoms. The molecular weight excluding hydrogens is 287 g/mol. The molecule has 1 nitrogen and oxygen atoms in total. The van der Waals surface area contributed by atoms with Crippen molar-refractivity contribution in [3.05, 3.63) is 27.5 Å². The van der Waals surface area contributed by atoms with Gasteiger partial charge in [-0.3, -0.25) is 0 Å². The van der Waals surface area contributed by atoms with E-state index in [-0.39, 0.29) is 15.7 Å². The van der Waals surface area contributed by atoms with Crippen LogP contribution in [0.15, 0.2) is 6.20 Å². The molecule has 0 amide bonds. The van der Waals surface area contributed by atoms with E-state index in [1.165, 1.54) is 0 Å². The third kappa shape index (κ3) is 2.30. The summed E-state index contributed by atoms with van der Waals surface area (Å²) < 4.78 is 24.6. The van der Waals surface area contributed by atoms with Gasteiger partial charge in [-0.2, -0.15) is 0 Å². The summed E-state index contributed by atoms with van der Waals surface area (Å²) in [5, 5.41) is 0.427. The fourth-order valence-corrected chi connectivity index (χ4v) is 2.21. The van der Waals surface area contributed by atoms with E-state index < -0.39 is 6.43 Å². The first-order chi connectivity index (χ1) is 6.07. The largest absolute Gasteiger partial charge is 0.266 e. The zero-order valence-electron chi connectivity index (χ0n) is 6.20. The zero-order valence-corrected chi connectivity index (χ0v) is 9.30. The Morgan fingerprint density at radius 3 is 2.54 bits per heavy atom. The number of nitrogens with zero attached hydrogens (tertiary/aromatic N) is 1. The molecule has 0 aliphatic carbocycles. The number of rotatable bonds is 2. The Balaban J connectivity index is 3.27. The third-order valence-electron chi connectivity index (χ3n) is 1.45. The van der Waals surface area contributed by atoms with E-state index >= 15 is 0 Å². The maximum atomic E-state index is 12.3. The first-order valence-electron chi connectivity index (χ1n) is 3.24. The lowest BCUT2D eigenvalue weighted by Crippen LogP contribution is -1.94. The minimum Gasteiger partial charge on any atom is -0.244 e. The minimum absolute atomic E-state index is 0.0214. The van der Waals surface area contributed by atoms with E-state index in [1.54, 1.807) is 0 Å². The van der Waals surface area contributed by atoms with E-state index in [4.69, 9.17) is 23.2 Å². The molecule has 0 fully saturated rings. The summed E-state index contributed by atoms with van der Waals surface area (Å²) in [6.07, 6.45) is -1.64. The van der Waals surface area contributed by atoms with Crippen molar-refractivity contribution < 1.29 is 8.78 Å². The average molecular weight is 291 g/mol. The van der Waals surface area contributed by atoms with Crippen LogP contribution in [-0.2, 0) is 5.33 Å². The molecule has 0 radical (unpaired) electrons. The van der Waals surface area contributed by atoms with Crippen molar-refractivity contribution in [3.63, 3.8) is 0 Å². The predicted octanol–water partition coefficient (Wildman–Crippen LogP) is 4.22. The monoisotopic (exact) mass is 289 g/mol. The van der Waals surface area contributed by atoms with Crippen LogP contribution in [0, 0.1) is 0 Å². The third-order valence-corrected chi connectivity index (χ3v) is 2.79. The van der Waals surface area contributed by atoms with E-state index in [1.807, 2.05) is 0 Å². The number of hydrogen-bond acceptors (Lipinski definition) is 1. The van der Waals surface area contributed by atoms with Gasteiger partial charge >= 0.3 is 0 Å². The van der Waals surface area contributed by atoms with Gasteiger partial charge in [0, 0.05) is 17.1 Å². The molecule has 1 heterocycles. The lowest BCUT2D eigenvalue weighted by atomic mass is 10.2. The van der Waals surface area contributed by atoms with Crippen LogP contribution in [0.2, 0.25) is 10.2 Å². The van der Waals surface area contributed by atoms with Crippen LogP contribution in [0.25, 0.3) is 0 Å². The first kappa shape index (κ1) is 11.1. The molecule has 0 spiro atoms. The van der Waals surface area contributed by atoms with Gasteiger partial charge in [0.25, 0.3) is 6.43 Å². The molecule has 72 valence electrons. The minimum atomic E-state index is -2.63. The van der Waals surface area contributed by atoms with Gasteiger partial charge in [0.15, 0.2) is 0 Å². The molecule has 0 aromatic carbocycles. The van der Waals surface area contributed by atoms with Crippen LogP contribution in [-0.4, -0.2) is 4.98 Å². The van der Waals surface area contributed by atoms with Crippen LogP contribution in [0.5, 0.6) is 0 Å². The molecule has 6 heteroatoms. The standard InChI is InChI=1S/C7H4BrCl2F2N/c8-1-3-5(9)4(7(11)12)2-13-6(3)10/h2,7H,1H2. The molecular formula is C7H4BrCl2F2N. The maximum absolute atomic E-state index is 12.3. The van der Waals surface area contributed by atoms with Crippen molar-refractivity contribution in [2.75, 3.05) is 0 Å². The summed E-state index contributed by atoms with van der Waals surface area (Å²) in [7, 11) is 0. The van der Waals surface area contributed by atoms with E-state index in [2.05, 4.69) is 20.9 Å². The first-order valence-corrected chi connectivity index (χ1v) is 5.12. The van der Waals surface area contributed by atoms with Crippen LogP contribution in [0.1, 0.15) is 17.6 Å². The van der Waals surface area contributed by atoms with Crippen LogP contribution in [0.4, 0.5) is 8.78 Å². The second-order valence-corrected chi connectivity index (χ2v) is 3.53. The van der Waals surface area contributed by atoms with E-state index in [0.29, 0.717) is 10.9 Å². The Hall–Kier alpha value is 0.0700. The highest BCUT2D eigenvalue weighted by Crippen LogP contribution is 2.33. The molecule has 0 aliphatic heterocycles. The Labute approximate surface area is 92.2 Å². The Bertz CT molecular complexity index is 320. The molecule has 1 rings (SSSR count). The van der Waals surface area contributed by atoms with Crippen molar-refractivity contribution in [1.29, 1.82) is 0 Å². The quantitative estimate of drug-likeness (QED) is 0.587.